The summed E-state index contributed by atoms with van der Waals surface area (Å²) in [5, 5.41) is 20.4. The van der Waals surface area contributed by atoms with E-state index in [4.69, 9.17) is 9.47 Å². The molecule has 0 aliphatic heterocycles. The Bertz CT molecular complexity index is 459. The van der Waals surface area contributed by atoms with E-state index in [1.807, 2.05) is 0 Å². The average Bonchev–Trinajstić information content (AvgIpc) is 2.42. The first-order valence-electron chi connectivity index (χ1n) is 7.08. The van der Waals surface area contributed by atoms with Crippen molar-refractivity contribution < 1.29 is 19.5 Å². The molecule has 1 atom stereocenters. The zero-order valence-electron chi connectivity index (χ0n) is 12.7. The van der Waals surface area contributed by atoms with Crippen molar-refractivity contribution >= 4 is 5.69 Å². The Labute approximate surface area is 124 Å². The minimum atomic E-state index is -0.832. The third kappa shape index (κ3) is 6.10. The van der Waals surface area contributed by atoms with E-state index in [2.05, 4.69) is 13.8 Å². The smallest absolute Gasteiger partial charge is 0.270 e. The topological polar surface area (TPSA) is 81.8 Å². The fourth-order valence-corrected chi connectivity index (χ4v) is 1.74. The van der Waals surface area contributed by atoms with Crippen molar-refractivity contribution in [2.24, 2.45) is 5.92 Å². The molecule has 1 unspecified atom stereocenters. The molecule has 118 valence electrons. The third-order valence-corrected chi connectivity index (χ3v) is 2.98. The summed E-state index contributed by atoms with van der Waals surface area (Å²) in [4.78, 5) is 10.2. The molecule has 1 rings (SSSR count). The number of nitrogens with zero attached hydrogens (tertiary/aromatic N) is 1. The van der Waals surface area contributed by atoms with Crippen LogP contribution in [0.4, 0.5) is 5.69 Å². The maximum absolute atomic E-state index is 10.7. The Morgan fingerprint density at radius 3 is 2.52 bits per heavy atom. The van der Waals surface area contributed by atoms with Gasteiger partial charge in [0.1, 0.15) is 12.4 Å². The molecule has 21 heavy (non-hydrogen) atoms. The molecule has 0 saturated heterocycles. The molecule has 0 spiro atoms. The molecule has 0 heterocycles. The van der Waals surface area contributed by atoms with Gasteiger partial charge in [0.05, 0.1) is 17.6 Å². The van der Waals surface area contributed by atoms with Crippen LogP contribution >= 0.6 is 0 Å². The molecule has 0 aliphatic rings. The molecule has 1 aromatic carbocycles. The van der Waals surface area contributed by atoms with Gasteiger partial charge in [0.2, 0.25) is 0 Å². The van der Waals surface area contributed by atoms with Gasteiger partial charge in [-0.15, -0.1) is 0 Å². The van der Waals surface area contributed by atoms with Gasteiger partial charge in [-0.25, -0.2) is 0 Å². The molecule has 0 bridgehead atoms. The summed E-state index contributed by atoms with van der Waals surface area (Å²) < 4.78 is 11.0. The summed E-state index contributed by atoms with van der Waals surface area (Å²) >= 11 is 0. The van der Waals surface area contributed by atoms with E-state index in [0.717, 1.165) is 6.42 Å². The molecule has 0 aliphatic carbocycles. The van der Waals surface area contributed by atoms with Gasteiger partial charge in [-0.2, -0.15) is 0 Å². The van der Waals surface area contributed by atoms with E-state index in [9.17, 15) is 15.2 Å². The lowest BCUT2D eigenvalue weighted by atomic mass is 10.1. The second-order valence-corrected chi connectivity index (χ2v) is 5.30. The first-order valence-corrected chi connectivity index (χ1v) is 7.08. The summed E-state index contributed by atoms with van der Waals surface area (Å²) in [6, 6.07) is 4.20. The minimum Gasteiger partial charge on any atom is -0.491 e. The average molecular weight is 297 g/mol. The summed E-state index contributed by atoms with van der Waals surface area (Å²) in [5.41, 5.74) is 0.345. The first-order chi connectivity index (χ1) is 9.91. The second-order valence-electron chi connectivity index (χ2n) is 5.30. The molecule has 0 radical (unpaired) electrons. The van der Waals surface area contributed by atoms with Gasteiger partial charge >= 0.3 is 0 Å². The van der Waals surface area contributed by atoms with Crippen LogP contribution < -0.4 is 4.74 Å². The maximum Gasteiger partial charge on any atom is 0.270 e. The normalized spacial score (nSPS) is 12.4. The fraction of sp³-hybridized carbons (Fsp3) is 0.600. The standard InChI is InChI=1S/C15H23NO5/c1-11(2)6-7-20-8-9-21-15-5-4-13(16(18)19)10-14(15)12(3)17/h4-5,10-12,17H,6-9H2,1-3H3. The lowest BCUT2D eigenvalue weighted by Gasteiger charge is -2.13. The number of nitro groups is 1. The van der Waals surface area contributed by atoms with Gasteiger partial charge in [0, 0.05) is 24.3 Å². The zero-order chi connectivity index (χ0) is 15.8. The highest BCUT2D eigenvalue weighted by molar-refractivity contribution is 5.44. The zero-order valence-corrected chi connectivity index (χ0v) is 12.7. The highest BCUT2D eigenvalue weighted by atomic mass is 16.6. The number of benzene rings is 1. The van der Waals surface area contributed by atoms with Crippen LogP contribution in [0.15, 0.2) is 18.2 Å². The molecular weight excluding hydrogens is 274 g/mol. The predicted octanol–water partition coefficient (Wildman–Crippen LogP) is 3.09. The van der Waals surface area contributed by atoms with Crippen molar-refractivity contribution in [3.8, 4) is 5.75 Å². The van der Waals surface area contributed by atoms with E-state index >= 15 is 0 Å². The Kier molecular flexibility index (Phi) is 7.11. The van der Waals surface area contributed by atoms with E-state index in [1.165, 1.54) is 18.2 Å². The van der Waals surface area contributed by atoms with Crippen molar-refractivity contribution in [1.82, 2.24) is 0 Å². The molecule has 0 amide bonds. The summed E-state index contributed by atoms with van der Waals surface area (Å²) in [6.07, 6.45) is 0.165. The molecule has 0 fully saturated rings. The number of hydrogen-bond acceptors (Lipinski definition) is 5. The van der Waals surface area contributed by atoms with Crippen LogP contribution in [-0.4, -0.2) is 29.9 Å². The number of rotatable bonds is 9. The highest BCUT2D eigenvalue weighted by Gasteiger charge is 2.15. The van der Waals surface area contributed by atoms with Crippen LogP contribution in [-0.2, 0) is 4.74 Å². The summed E-state index contributed by atoms with van der Waals surface area (Å²) in [6.45, 7) is 7.28. The van der Waals surface area contributed by atoms with Crippen molar-refractivity contribution in [1.29, 1.82) is 0 Å². The predicted molar refractivity (Wildman–Crippen MR) is 79.5 cm³/mol. The Balaban J connectivity index is 2.52. The molecule has 0 aromatic heterocycles. The van der Waals surface area contributed by atoms with Gasteiger partial charge in [0.25, 0.3) is 5.69 Å². The lowest BCUT2D eigenvalue weighted by Crippen LogP contribution is -2.10. The Hall–Kier alpha value is -1.66. The van der Waals surface area contributed by atoms with Crippen LogP contribution in [0, 0.1) is 16.0 Å². The minimum absolute atomic E-state index is 0.0635. The van der Waals surface area contributed by atoms with Crippen LogP contribution in [0.5, 0.6) is 5.75 Å². The lowest BCUT2D eigenvalue weighted by molar-refractivity contribution is -0.385. The second kappa shape index (κ2) is 8.59. The van der Waals surface area contributed by atoms with Crippen LogP contribution in [0.25, 0.3) is 0 Å². The Morgan fingerprint density at radius 1 is 1.24 bits per heavy atom. The van der Waals surface area contributed by atoms with E-state index in [-0.39, 0.29) is 5.69 Å². The third-order valence-electron chi connectivity index (χ3n) is 2.98. The van der Waals surface area contributed by atoms with Crippen molar-refractivity contribution in [2.75, 3.05) is 19.8 Å². The summed E-state index contributed by atoms with van der Waals surface area (Å²) in [5.74, 6) is 1.05. The van der Waals surface area contributed by atoms with Crippen LogP contribution in [0.2, 0.25) is 0 Å². The summed E-state index contributed by atoms with van der Waals surface area (Å²) in [7, 11) is 0. The quantitative estimate of drug-likeness (QED) is 0.430. The number of non-ortho nitro benzene ring substituents is 1. The monoisotopic (exact) mass is 297 g/mol. The van der Waals surface area contributed by atoms with Crippen LogP contribution in [0.1, 0.15) is 38.9 Å². The fourth-order valence-electron chi connectivity index (χ4n) is 1.74. The number of aliphatic hydroxyl groups excluding tert-OH is 1. The number of hydrogen-bond donors (Lipinski definition) is 1. The number of nitro benzene ring substituents is 1. The Morgan fingerprint density at radius 2 is 1.95 bits per heavy atom. The maximum atomic E-state index is 10.7. The molecule has 6 heteroatoms. The van der Waals surface area contributed by atoms with E-state index in [1.54, 1.807) is 6.92 Å². The van der Waals surface area contributed by atoms with Gasteiger partial charge in [-0.1, -0.05) is 13.8 Å². The molecule has 0 saturated carbocycles. The van der Waals surface area contributed by atoms with Crippen molar-refractivity contribution in [3.63, 3.8) is 0 Å². The van der Waals surface area contributed by atoms with Gasteiger partial charge in [-0.3, -0.25) is 10.1 Å². The van der Waals surface area contributed by atoms with Crippen molar-refractivity contribution in [3.05, 3.63) is 33.9 Å². The van der Waals surface area contributed by atoms with E-state index < -0.39 is 11.0 Å². The SMILES string of the molecule is CC(C)CCOCCOc1ccc([N+](=O)[O-])cc1C(C)O. The van der Waals surface area contributed by atoms with Crippen LogP contribution in [0.3, 0.4) is 0 Å². The highest BCUT2D eigenvalue weighted by Crippen LogP contribution is 2.29. The number of aliphatic hydroxyl groups is 1. The first kappa shape index (κ1) is 17.4. The molecule has 6 nitrogen and oxygen atoms in total. The van der Waals surface area contributed by atoms with Gasteiger partial charge in [-0.05, 0) is 25.3 Å². The molecular formula is C15H23NO5. The largest absolute Gasteiger partial charge is 0.491 e. The van der Waals surface area contributed by atoms with Gasteiger partial charge < -0.3 is 14.6 Å². The van der Waals surface area contributed by atoms with E-state index in [0.29, 0.717) is 37.1 Å². The van der Waals surface area contributed by atoms with Crippen molar-refractivity contribution in [2.45, 2.75) is 33.3 Å². The molecule has 1 N–H and O–H groups in total. The van der Waals surface area contributed by atoms with Gasteiger partial charge in [0.15, 0.2) is 0 Å². The molecule has 1 aromatic rings. The number of ether oxygens (including phenoxy) is 2.